The normalized spacial score (nSPS) is 10.2. The van der Waals surface area contributed by atoms with Crippen LogP contribution in [0.25, 0.3) is 0 Å². The van der Waals surface area contributed by atoms with Gasteiger partial charge in [0, 0.05) is 0 Å². The Labute approximate surface area is 199 Å². The predicted molar refractivity (Wildman–Crippen MR) is 127 cm³/mol. The number of carbonyl (C=O) groups excluding carboxylic acids is 4. The molecule has 0 aliphatic carbocycles. The summed E-state index contributed by atoms with van der Waals surface area (Å²) in [5.41, 5.74) is 0.803. The molecule has 0 atom stereocenters. The number of hydrogen-bond acceptors (Lipinski definition) is 8. The van der Waals surface area contributed by atoms with Crippen LogP contribution in [0.2, 0.25) is 0 Å². The fourth-order valence-corrected chi connectivity index (χ4v) is 4.16. The maximum Gasteiger partial charge on any atom is 0.341 e. The van der Waals surface area contributed by atoms with E-state index in [0.29, 0.717) is 11.3 Å². The monoisotopic (exact) mass is 482 g/mol. The molecule has 2 aromatic carbocycles. The molecule has 0 fully saturated rings. The van der Waals surface area contributed by atoms with E-state index in [1.165, 1.54) is 20.3 Å². The highest BCUT2D eigenvalue weighted by Gasteiger charge is 2.27. The summed E-state index contributed by atoms with van der Waals surface area (Å²) in [6.45, 7) is 1.27. The number of ether oxygens (including phenoxy) is 3. The Morgan fingerprint density at radius 2 is 1.50 bits per heavy atom. The molecule has 2 amide bonds. The van der Waals surface area contributed by atoms with Crippen LogP contribution in [-0.2, 0) is 14.3 Å². The van der Waals surface area contributed by atoms with Crippen LogP contribution in [-0.4, -0.2) is 44.6 Å². The Balaban J connectivity index is 1.84. The first-order valence-corrected chi connectivity index (χ1v) is 10.9. The number of hydrogen-bond donors (Lipinski definition) is 2. The van der Waals surface area contributed by atoms with E-state index in [1.54, 1.807) is 49.4 Å². The Kier molecular flexibility index (Phi) is 7.99. The second-order valence-corrected chi connectivity index (χ2v) is 7.91. The van der Waals surface area contributed by atoms with Crippen molar-refractivity contribution < 1.29 is 33.4 Å². The number of rotatable bonds is 8. The van der Waals surface area contributed by atoms with Gasteiger partial charge in [-0.2, -0.15) is 0 Å². The van der Waals surface area contributed by atoms with E-state index in [4.69, 9.17) is 14.2 Å². The van der Waals surface area contributed by atoms with Crippen molar-refractivity contribution in [3.63, 3.8) is 0 Å². The molecule has 3 aromatic rings. The highest BCUT2D eigenvalue weighted by molar-refractivity contribution is 7.19. The number of carbonyl (C=O) groups is 4. The summed E-state index contributed by atoms with van der Waals surface area (Å²) in [5, 5.41) is 5.43. The molecule has 3 rings (SSSR count). The third kappa shape index (κ3) is 5.59. The summed E-state index contributed by atoms with van der Waals surface area (Å²) in [4.78, 5) is 50.0. The third-order valence-electron chi connectivity index (χ3n) is 4.69. The van der Waals surface area contributed by atoms with Crippen molar-refractivity contribution in [1.29, 1.82) is 0 Å². The largest absolute Gasteiger partial charge is 0.484 e. The van der Waals surface area contributed by atoms with E-state index in [1.807, 2.05) is 6.07 Å². The molecule has 0 spiro atoms. The minimum atomic E-state index is -0.706. The Hall–Kier alpha value is -4.18. The molecule has 0 bridgehead atoms. The van der Waals surface area contributed by atoms with Gasteiger partial charge >= 0.3 is 11.9 Å². The number of methoxy groups -OCH3 is 2. The van der Waals surface area contributed by atoms with Crippen molar-refractivity contribution in [2.75, 3.05) is 31.5 Å². The van der Waals surface area contributed by atoms with Crippen LogP contribution in [0.5, 0.6) is 5.75 Å². The number of amides is 2. The molecule has 0 aliphatic heterocycles. The molecule has 34 heavy (non-hydrogen) atoms. The third-order valence-corrected chi connectivity index (χ3v) is 5.90. The fraction of sp³-hybridized carbons (Fsp3) is 0.167. The van der Waals surface area contributed by atoms with E-state index >= 15 is 0 Å². The van der Waals surface area contributed by atoms with E-state index in [2.05, 4.69) is 10.6 Å². The van der Waals surface area contributed by atoms with Gasteiger partial charge in [-0.25, -0.2) is 9.59 Å². The van der Waals surface area contributed by atoms with Crippen molar-refractivity contribution in [3.05, 3.63) is 76.2 Å². The minimum absolute atomic E-state index is 0.0620. The summed E-state index contributed by atoms with van der Waals surface area (Å²) >= 11 is 0.911. The van der Waals surface area contributed by atoms with Gasteiger partial charge in [-0.15, -0.1) is 11.3 Å². The Bertz CT molecular complexity index is 1220. The SMILES string of the molecule is COC(=O)c1ccccc1NC(=O)c1sc(NC(=O)COc2ccccc2)c(C(=O)OC)c1C. The first-order chi connectivity index (χ1) is 16.3. The second kappa shape index (κ2) is 11.1. The lowest BCUT2D eigenvalue weighted by Crippen LogP contribution is -2.21. The van der Waals surface area contributed by atoms with Crippen LogP contribution < -0.4 is 15.4 Å². The van der Waals surface area contributed by atoms with Crippen LogP contribution in [0.15, 0.2) is 54.6 Å². The molecule has 1 heterocycles. The lowest BCUT2D eigenvalue weighted by Gasteiger charge is -2.09. The molecule has 9 nitrogen and oxygen atoms in total. The first-order valence-electron chi connectivity index (χ1n) is 10.0. The molecule has 2 N–H and O–H groups in total. The zero-order chi connectivity index (χ0) is 24.7. The topological polar surface area (TPSA) is 120 Å². The highest BCUT2D eigenvalue weighted by atomic mass is 32.1. The lowest BCUT2D eigenvalue weighted by atomic mass is 10.1. The van der Waals surface area contributed by atoms with Gasteiger partial charge in [0.2, 0.25) is 0 Å². The molecule has 0 saturated carbocycles. The molecule has 0 unspecified atom stereocenters. The van der Waals surface area contributed by atoms with Crippen LogP contribution in [0, 0.1) is 6.92 Å². The summed E-state index contributed by atoms with van der Waals surface area (Å²) in [7, 11) is 2.44. The molecule has 176 valence electrons. The van der Waals surface area contributed by atoms with Crippen molar-refractivity contribution in [1.82, 2.24) is 0 Å². The van der Waals surface area contributed by atoms with Crippen molar-refractivity contribution in [2.45, 2.75) is 6.92 Å². The molecule has 1 aromatic heterocycles. The zero-order valence-corrected chi connectivity index (χ0v) is 19.5. The van der Waals surface area contributed by atoms with Gasteiger partial charge in [0.25, 0.3) is 11.8 Å². The average molecular weight is 483 g/mol. The van der Waals surface area contributed by atoms with E-state index in [-0.39, 0.29) is 33.3 Å². The van der Waals surface area contributed by atoms with Crippen molar-refractivity contribution in [2.24, 2.45) is 0 Å². The maximum absolute atomic E-state index is 13.0. The van der Waals surface area contributed by atoms with E-state index in [0.717, 1.165) is 11.3 Å². The van der Waals surface area contributed by atoms with Crippen LogP contribution >= 0.6 is 11.3 Å². The lowest BCUT2D eigenvalue weighted by molar-refractivity contribution is -0.118. The molecular weight excluding hydrogens is 460 g/mol. The second-order valence-electron chi connectivity index (χ2n) is 6.89. The number of thiophene rings is 1. The van der Waals surface area contributed by atoms with Crippen molar-refractivity contribution >= 4 is 45.8 Å². The Morgan fingerprint density at radius 3 is 2.18 bits per heavy atom. The highest BCUT2D eigenvalue weighted by Crippen LogP contribution is 2.34. The maximum atomic E-state index is 13.0. The first kappa shape index (κ1) is 24.5. The number of para-hydroxylation sites is 2. The van der Waals surface area contributed by atoms with Gasteiger partial charge < -0.3 is 24.8 Å². The summed E-state index contributed by atoms with van der Waals surface area (Å²) < 4.78 is 15.0. The van der Waals surface area contributed by atoms with Gasteiger partial charge in [-0.05, 0) is 36.8 Å². The molecule has 0 aliphatic rings. The number of benzene rings is 2. The molecule has 0 radical (unpaired) electrons. The van der Waals surface area contributed by atoms with Gasteiger partial charge in [-0.1, -0.05) is 30.3 Å². The smallest absolute Gasteiger partial charge is 0.341 e. The molecular formula is C24H22N2O7S. The van der Waals surface area contributed by atoms with Crippen LogP contribution in [0.1, 0.15) is 36.0 Å². The standard InChI is InChI=1S/C24H22N2O7S/c1-14-19(24(30)32-3)22(26-18(27)13-33-15-9-5-4-6-10-15)34-20(14)21(28)25-17-12-8-7-11-16(17)23(29)31-2/h4-12H,13H2,1-3H3,(H,25,28)(H,26,27). The summed E-state index contributed by atoms with van der Waals surface area (Å²) in [6, 6.07) is 15.1. The summed E-state index contributed by atoms with van der Waals surface area (Å²) in [5.74, 6) is -1.89. The molecule has 0 saturated heterocycles. The van der Waals surface area contributed by atoms with Crippen LogP contribution in [0.3, 0.4) is 0 Å². The Morgan fingerprint density at radius 1 is 0.853 bits per heavy atom. The quantitative estimate of drug-likeness (QED) is 0.467. The number of nitrogens with one attached hydrogen (secondary N) is 2. The van der Waals surface area contributed by atoms with Crippen LogP contribution in [0.4, 0.5) is 10.7 Å². The number of anilines is 2. The summed E-state index contributed by atoms with van der Waals surface area (Å²) in [6.07, 6.45) is 0. The van der Waals surface area contributed by atoms with Crippen molar-refractivity contribution in [3.8, 4) is 5.75 Å². The molecule has 10 heteroatoms. The predicted octanol–water partition coefficient (Wildman–Crippen LogP) is 3.90. The number of esters is 2. The minimum Gasteiger partial charge on any atom is -0.484 e. The average Bonchev–Trinajstić information content (AvgIpc) is 3.18. The van der Waals surface area contributed by atoms with Gasteiger partial charge in [-0.3, -0.25) is 9.59 Å². The van der Waals surface area contributed by atoms with E-state index in [9.17, 15) is 19.2 Å². The van der Waals surface area contributed by atoms with Gasteiger partial charge in [0.05, 0.1) is 35.9 Å². The zero-order valence-electron chi connectivity index (χ0n) is 18.7. The van der Waals surface area contributed by atoms with Gasteiger partial charge in [0.15, 0.2) is 6.61 Å². The van der Waals surface area contributed by atoms with Gasteiger partial charge in [0.1, 0.15) is 10.8 Å². The van der Waals surface area contributed by atoms with E-state index < -0.39 is 23.8 Å². The fourth-order valence-electron chi connectivity index (χ4n) is 3.05.